The fourth-order valence-electron chi connectivity index (χ4n) is 3.94. The van der Waals surface area contributed by atoms with E-state index in [9.17, 15) is 19.2 Å². The maximum Gasteiger partial charge on any atom is 0.407 e. The molecule has 3 aromatic rings. The van der Waals surface area contributed by atoms with E-state index in [4.69, 9.17) is 9.47 Å². The molecule has 0 saturated heterocycles. The van der Waals surface area contributed by atoms with Crippen LogP contribution < -0.4 is 10.6 Å². The highest BCUT2D eigenvalue weighted by Crippen LogP contribution is 2.13. The third-order valence-electron chi connectivity index (χ3n) is 6.08. The van der Waals surface area contributed by atoms with Gasteiger partial charge in [0.25, 0.3) is 0 Å². The van der Waals surface area contributed by atoms with Crippen LogP contribution in [-0.2, 0) is 32.1 Å². The molecule has 0 fully saturated rings. The lowest BCUT2D eigenvalue weighted by Gasteiger charge is -2.17. The van der Waals surface area contributed by atoms with Gasteiger partial charge in [-0.2, -0.15) is 0 Å². The molecule has 0 spiro atoms. The Balaban J connectivity index is 1.37. The topological polar surface area (TPSA) is 111 Å². The molecule has 0 radical (unpaired) electrons. The van der Waals surface area contributed by atoms with Crippen molar-refractivity contribution in [3.63, 3.8) is 0 Å². The first-order chi connectivity index (χ1) is 19.0. The number of hydrogen-bond acceptors (Lipinski definition) is 6. The zero-order valence-corrected chi connectivity index (χ0v) is 22.1. The quantitative estimate of drug-likeness (QED) is 0.179. The number of unbranched alkanes of at least 4 members (excludes halogenated alkanes) is 2. The Morgan fingerprint density at radius 2 is 1.38 bits per heavy atom. The average Bonchev–Trinajstić information content (AvgIpc) is 2.98. The van der Waals surface area contributed by atoms with Crippen LogP contribution in [0.1, 0.15) is 52.7 Å². The van der Waals surface area contributed by atoms with Gasteiger partial charge in [0.15, 0.2) is 5.78 Å². The number of esters is 1. The molecular weight excluding hydrogens is 496 g/mol. The Labute approximate surface area is 228 Å². The van der Waals surface area contributed by atoms with Crippen molar-refractivity contribution in [3.05, 3.63) is 107 Å². The number of rotatable bonds is 14. The van der Waals surface area contributed by atoms with E-state index in [-0.39, 0.29) is 31.1 Å². The molecule has 2 amide bonds. The molecule has 0 bridgehead atoms. The summed E-state index contributed by atoms with van der Waals surface area (Å²) < 4.78 is 10.0. The van der Waals surface area contributed by atoms with Gasteiger partial charge < -0.3 is 20.1 Å². The molecular formula is C31H34N2O6. The van der Waals surface area contributed by atoms with E-state index in [1.165, 1.54) is 7.11 Å². The van der Waals surface area contributed by atoms with Crippen molar-refractivity contribution in [2.45, 2.75) is 44.8 Å². The minimum atomic E-state index is -0.834. The summed E-state index contributed by atoms with van der Waals surface area (Å²) in [5.74, 6) is -0.873. The monoisotopic (exact) mass is 530 g/mol. The first-order valence-electron chi connectivity index (χ1n) is 13.0. The third-order valence-corrected chi connectivity index (χ3v) is 6.08. The van der Waals surface area contributed by atoms with Crippen LogP contribution >= 0.6 is 0 Å². The molecule has 3 aromatic carbocycles. The summed E-state index contributed by atoms with van der Waals surface area (Å²) in [6.45, 7) is 0.660. The fraction of sp³-hybridized carbons (Fsp3) is 0.290. The highest BCUT2D eigenvalue weighted by Gasteiger charge is 2.22. The Morgan fingerprint density at radius 1 is 0.744 bits per heavy atom. The number of hydrogen-bond donors (Lipinski definition) is 2. The Hall–Kier alpha value is -4.46. The highest BCUT2D eigenvalue weighted by atomic mass is 16.5. The average molecular weight is 531 g/mol. The Morgan fingerprint density at radius 3 is 2.05 bits per heavy atom. The molecule has 0 aliphatic heterocycles. The van der Waals surface area contributed by atoms with Gasteiger partial charge in [-0.05, 0) is 24.0 Å². The zero-order valence-electron chi connectivity index (χ0n) is 22.1. The number of methoxy groups -OCH3 is 1. The second-order valence-electron chi connectivity index (χ2n) is 9.04. The molecule has 3 rings (SSSR count). The predicted octanol–water partition coefficient (Wildman–Crippen LogP) is 4.60. The van der Waals surface area contributed by atoms with E-state index in [0.29, 0.717) is 30.5 Å². The van der Waals surface area contributed by atoms with Gasteiger partial charge in [-0.25, -0.2) is 9.59 Å². The molecule has 0 saturated carbocycles. The number of benzene rings is 3. The van der Waals surface area contributed by atoms with Gasteiger partial charge in [-0.3, -0.25) is 9.59 Å². The number of ether oxygens (including phenoxy) is 2. The van der Waals surface area contributed by atoms with Gasteiger partial charge in [0.05, 0.1) is 7.11 Å². The Kier molecular flexibility index (Phi) is 11.7. The van der Waals surface area contributed by atoms with Crippen molar-refractivity contribution < 1.29 is 28.7 Å². The first-order valence-corrected chi connectivity index (χ1v) is 13.0. The van der Waals surface area contributed by atoms with Crippen molar-refractivity contribution in [2.24, 2.45) is 0 Å². The van der Waals surface area contributed by atoms with E-state index in [0.717, 1.165) is 17.5 Å². The van der Waals surface area contributed by atoms with E-state index in [1.54, 1.807) is 36.4 Å². The lowest BCUT2D eigenvalue weighted by atomic mass is 9.99. The van der Waals surface area contributed by atoms with E-state index in [2.05, 4.69) is 10.6 Å². The predicted molar refractivity (Wildman–Crippen MR) is 147 cm³/mol. The standard InChI is InChI=1S/C31H34N2O6/c1-38-30(36)27(21-23-16-18-26(19-17-23)29(35)25-13-7-3-8-14-25)33-28(34)15-9-4-10-20-32-31(37)39-22-24-11-5-2-6-12-24/h2-3,5-8,11-14,16-19,27H,4,9-10,15,20-22H2,1H3,(H,32,37)(H,33,34)/t27-/m1/s1. The largest absolute Gasteiger partial charge is 0.467 e. The summed E-state index contributed by atoms with van der Waals surface area (Å²) in [4.78, 5) is 49.1. The first kappa shape index (κ1) is 29.1. The van der Waals surface area contributed by atoms with Crippen molar-refractivity contribution in [2.75, 3.05) is 13.7 Å². The second kappa shape index (κ2) is 15.7. The molecule has 0 aromatic heterocycles. The van der Waals surface area contributed by atoms with E-state index in [1.807, 2.05) is 48.5 Å². The van der Waals surface area contributed by atoms with Crippen LogP contribution in [0.25, 0.3) is 0 Å². The van der Waals surface area contributed by atoms with Gasteiger partial charge in [0.2, 0.25) is 5.91 Å². The molecule has 8 heteroatoms. The number of amides is 2. The number of alkyl carbamates (subject to hydrolysis) is 1. The summed E-state index contributed by atoms with van der Waals surface area (Å²) in [6.07, 6.45) is 2.05. The second-order valence-corrected chi connectivity index (χ2v) is 9.04. The van der Waals surface area contributed by atoms with E-state index >= 15 is 0 Å². The molecule has 0 unspecified atom stereocenters. The number of ketones is 1. The summed E-state index contributed by atoms with van der Waals surface area (Å²) in [5, 5.41) is 5.45. The van der Waals surface area contributed by atoms with Crippen LogP contribution in [0.15, 0.2) is 84.9 Å². The molecule has 8 nitrogen and oxygen atoms in total. The lowest BCUT2D eigenvalue weighted by molar-refractivity contribution is -0.145. The molecule has 1 atom stereocenters. The summed E-state index contributed by atoms with van der Waals surface area (Å²) in [5.41, 5.74) is 2.85. The van der Waals surface area contributed by atoms with Crippen LogP contribution in [0.2, 0.25) is 0 Å². The molecule has 0 aliphatic rings. The molecule has 39 heavy (non-hydrogen) atoms. The van der Waals surface area contributed by atoms with Gasteiger partial charge in [-0.1, -0.05) is 91.3 Å². The van der Waals surface area contributed by atoms with Crippen molar-refractivity contribution in [1.29, 1.82) is 0 Å². The van der Waals surface area contributed by atoms with Crippen LogP contribution in [0, 0.1) is 0 Å². The fourth-order valence-corrected chi connectivity index (χ4v) is 3.94. The molecule has 0 aliphatic carbocycles. The third kappa shape index (κ3) is 10.1. The normalized spacial score (nSPS) is 11.2. The zero-order chi connectivity index (χ0) is 27.9. The van der Waals surface area contributed by atoms with Crippen LogP contribution in [0.3, 0.4) is 0 Å². The molecule has 0 heterocycles. The Bertz CT molecular complexity index is 1210. The maximum absolute atomic E-state index is 12.6. The number of carbonyl (C=O) groups excluding carboxylic acids is 4. The smallest absolute Gasteiger partial charge is 0.407 e. The lowest BCUT2D eigenvalue weighted by Crippen LogP contribution is -2.43. The minimum absolute atomic E-state index is 0.0840. The number of carbonyl (C=O) groups is 4. The van der Waals surface area contributed by atoms with E-state index < -0.39 is 18.1 Å². The highest BCUT2D eigenvalue weighted by molar-refractivity contribution is 6.08. The minimum Gasteiger partial charge on any atom is -0.467 e. The molecule has 204 valence electrons. The van der Waals surface area contributed by atoms with Gasteiger partial charge in [0.1, 0.15) is 12.6 Å². The van der Waals surface area contributed by atoms with Crippen LogP contribution in [-0.4, -0.2) is 43.4 Å². The number of nitrogens with one attached hydrogen (secondary N) is 2. The SMILES string of the molecule is COC(=O)[C@@H](Cc1ccc(C(=O)c2ccccc2)cc1)NC(=O)CCCCCNC(=O)OCc1ccccc1. The molecule has 2 N–H and O–H groups in total. The van der Waals surface area contributed by atoms with Gasteiger partial charge in [-0.15, -0.1) is 0 Å². The summed E-state index contributed by atoms with van der Waals surface area (Å²) in [7, 11) is 1.28. The maximum atomic E-state index is 12.6. The van der Waals surface area contributed by atoms with Crippen LogP contribution in [0.4, 0.5) is 4.79 Å². The summed E-state index contributed by atoms with van der Waals surface area (Å²) in [6, 6.07) is 24.6. The van der Waals surface area contributed by atoms with Crippen LogP contribution in [0.5, 0.6) is 0 Å². The van der Waals surface area contributed by atoms with Gasteiger partial charge in [0, 0.05) is 30.5 Å². The van der Waals surface area contributed by atoms with Crippen molar-refractivity contribution in [3.8, 4) is 0 Å². The van der Waals surface area contributed by atoms with Gasteiger partial charge >= 0.3 is 12.1 Å². The van der Waals surface area contributed by atoms with Crippen molar-refractivity contribution in [1.82, 2.24) is 10.6 Å². The van der Waals surface area contributed by atoms with Crippen molar-refractivity contribution >= 4 is 23.8 Å². The summed E-state index contributed by atoms with van der Waals surface area (Å²) >= 11 is 0.